The van der Waals surface area contributed by atoms with Crippen molar-refractivity contribution in [2.45, 2.75) is 12.6 Å². The number of rotatable bonds is 6. The first-order valence-corrected chi connectivity index (χ1v) is 12.6. The van der Waals surface area contributed by atoms with E-state index in [4.69, 9.17) is 25.5 Å². The van der Waals surface area contributed by atoms with Crippen molar-refractivity contribution in [3.05, 3.63) is 116 Å². The topological polar surface area (TPSA) is 81.9 Å². The Labute approximate surface area is 220 Å². The van der Waals surface area contributed by atoms with E-state index in [1.165, 1.54) is 16.2 Å². The molecule has 1 amide bonds. The maximum absolute atomic E-state index is 13.7. The molecule has 0 fully saturated rings. The molecule has 9 heteroatoms. The Balaban J connectivity index is 1.48. The third-order valence-corrected chi connectivity index (χ3v) is 7.20. The molecule has 184 valence electrons. The van der Waals surface area contributed by atoms with Crippen LogP contribution in [-0.4, -0.2) is 18.0 Å². The molecule has 0 radical (unpaired) electrons. The van der Waals surface area contributed by atoms with Crippen LogP contribution in [-0.2, 0) is 6.61 Å². The number of fused-ring (bicyclic) bond motifs is 2. The van der Waals surface area contributed by atoms with Gasteiger partial charge in [0.05, 0.1) is 24.1 Å². The number of halogens is 1. The molecule has 0 aliphatic carbocycles. The molecule has 0 N–H and O–H groups in total. The molecule has 37 heavy (non-hydrogen) atoms. The van der Waals surface area contributed by atoms with Crippen molar-refractivity contribution in [3.8, 4) is 11.5 Å². The summed E-state index contributed by atoms with van der Waals surface area (Å²) in [6, 6.07) is 19.2. The molecular weight excluding hydrogens is 512 g/mol. The lowest BCUT2D eigenvalue weighted by Crippen LogP contribution is -2.29. The Morgan fingerprint density at radius 1 is 1.05 bits per heavy atom. The molecule has 3 aromatic carbocycles. The zero-order chi connectivity index (χ0) is 25.5. The van der Waals surface area contributed by atoms with Crippen LogP contribution in [0, 0.1) is 0 Å². The van der Waals surface area contributed by atoms with E-state index in [0.29, 0.717) is 44.8 Å². The van der Waals surface area contributed by atoms with Crippen LogP contribution in [0.3, 0.4) is 0 Å². The Hall–Kier alpha value is -4.14. The standard InChI is InChI=1S/C28H19ClN2O5S/c1-34-22-13-17(7-9-21(22)35-15-16-5-3-2-4-6-16)24-23-25(32)19-14-18(29)8-10-20(19)36-26(23)27(33)31(24)28-30-11-12-37-28/h2-14,24H,15H2,1H3/t24-/m1/s1. The Kier molecular flexibility index (Phi) is 5.90. The zero-order valence-electron chi connectivity index (χ0n) is 19.5. The van der Waals surface area contributed by atoms with E-state index >= 15 is 0 Å². The average Bonchev–Trinajstić information content (AvgIpc) is 3.55. The van der Waals surface area contributed by atoms with Gasteiger partial charge in [-0.3, -0.25) is 14.5 Å². The van der Waals surface area contributed by atoms with Crippen LogP contribution in [0.25, 0.3) is 11.0 Å². The number of ether oxygens (including phenoxy) is 2. The number of anilines is 1. The van der Waals surface area contributed by atoms with Crippen molar-refractivity contribution < 1.29 is 18.7 Å². The number of nitrogens with zero attached hydrogens (tertiary/aromatic N) is 2. The summed E-state index contributed by atoms with van der Waals surface area (Å²) in [6.45, 7) is 0.364. The highest BCUT2D eigenvalue weighted by Crippen LogP contribution is 2.44. The minimum absolute atomic E-state index is 0.0107. The quantitative estimate of drug-likeness (QED) is 0.258. The van der Waals surface area contributed by atoms with Crippen LogP contribution in [0.5, 0.6) is 11.5 Å². The van der Waals surface area contributed by atoms with Crippen molar-refractivity contribution >= 4 is 44.9 Å². The monoisotopic (exact) mass is 530 g/mol. The molecule has 0 bridgehead atoms. The summed E-state index contributed by atoms with van der Waals surface area (Å²) in [5.41, 5.74) is 1.87. The van der Waals surface area contributed by atoms with E-state index in [2.05, 4.69) is 4.98 Å². The molecule has 6 rings (SSSR count). The Morgan fingerprint density at radius 3 is 2.65 bits per heavy atom. The van der Waals surface area contributed by atoms with Crippen LogP contribution in [0.15, 0.2) is 87.5 Å². The predicted octanol–water partition coefficient (Wildman–Crippen LogP) is 6.24. The average molecular weight is 531 g/mol. The molecule has 2 aromatic heterocycles. The summed E-state index contributed by atoms with van der Waals surface area (Å²) in [6.07, 6.45) is 1.61. The van der Waals surface area contributed by atoms with Crippen molar-refractivity contribution in [2.24, 2.45) is 0 Å². The molecule has 1 aliphatic heterocycles. The number of thiazole rings is 1. The van der Waals surface area contributed by atoms with E-state index in [1.807, 2.05) is 36.4 Å². The highest BCUT2D eigenvalue weighted by atomic mass is 35.5. The normalized spacial score (nSPS) is 14.7. The number of benzene rings is 3. The maximum atomic E-state index is 13.7. The van der Waals surface area contributed by atoms with Crippen LogP contribution < -0.4 is 19.8 Å². The minimum Gasteiger partial charge on any atom is -0.493 e. The molecule has 7 nitrogen and oxygen atoms in total. The lowest BCUT2D eigenvalue weighted by molar-refractivity contribution is 0.0971. The number of methoxy groups -OCH3 is 1. The van der Waals surface area contributed by atoms with Gasteiger partial charge in [-0.1, -0.05) is 48.0 Å². The molecule has 5 aromatic rings. The van der Waals surface area contributed by atoms with E-state index in [-0.39, 0.29) is 16.8 Å². The molecule has 1 atom stereocenters. The molecule has 0 saturated heterocycles. The summed E-state index contributed by atoms with van der Waals surface area (Å²) in [7, 11) is 1.55. The number of hydrogen-bond acceptors (Lipinski definition) is 7. The fourth-order valence-electron chi connectivity index (χ4n) is 4.50. The van der Waals surface area contributed by atoms with Crippen molar-refractivity contribution in [3.63, 3.8) is 0 Å². The summed E-state index contributed by atoms with van der Waals surface area (Å²) in [5.74, 6) is 0.565. The largest absolute Gasteiger partial charge is 0.493 e. The second-order valence-corrected chi connectivity index (χ2v) is 9.70. The van der Waals surface area contributed by atoms with Gasteiger partial charge in [-0.2, -0.15) is 0 Å². The highest BCUT2D eigenvalue weighted by molar-refractivity contribution is 7.13. The number of carbonyl (C=O) groups excluding carboxylic acids is 1. The van der Waals surface area contributed by atoms with Gasteiger partial charge in [-0.25, -0.2) is 4.98 Å². The first-order valence-electron chi connectivity index (χ1n) is 11.4. The van der Waals surface area contributed by atoms with E-state index in [0.717, 1.165) is 5.56 Å². The van der Waals surface area contributed by atoms with Crippen LogP contribution >= 0.6 is 22.9 Å². The molecule has 0 spiro atoms. The molecule has 0 unspecified atom stereocenters. The van der Waals surface area contributed by atoms with Crippen LogP contribution in [0.4, 0.5) is 5.13 Å². The van der Waals surface area contributed by atoms with Gasteiger partial charge in [0.25, 0.3) is 5.91 Å². The summed E-state index contributed by atoms with van der Waals surface area (Å²) in [5, 5.41) is 2.93. The van der Waals surface area contributed by atoms with Gasteiger partial charge in [0.1, 0.15) is 12.2 Å². The van der Waals surface area contributed by atoms with Crippen molar-refractivity contribution in [2.75, 3.05) is 12.0 Å². The third kappa shape index (κ3) is 4.04. The van der Waals surface area contributed by atoms with E-state index in [9.17, 15) is 9.59 Å². The molecule has 1 aliphatic rings. The smallest absolute Gasteiger partial charge is 0.297 e. The van der Waals surface area contributed by atoms with Gasteiger partial charge in [0.15, 0.2) is 22.1 Å². The summed E-state index contributed by atoms with van der Waals surface area (Å²) in [4.78, 5) is 33.2. The third-order valence-electron chi connectivity index (χ3n) is 6.20. The minimum atomic E-state index is -0.773. The highest BCUT2D eigenvalue weighted by Gasteiger charge is 2.45. The van der Waals surface area contributed by atoms with Gasteiger partial charge in [-0.15, -0.1) is 11.3 Å². The van der Waals surface area contributed by atoms with Crippen molar-refractivity contribution in [1.29, 1.82) is 0 Å². The molecule has 0 saturated carbocycles. The lowest BCUT2D eigenvalue weighted by atomic mass is 9.98. The SMILES string of the molecule is COc1cc([C@@H]2c3c(oc4ccc(Cl)cc4c3=O)C(=O)N2c2nccs2)ccc1OCc1ccccc1. The van der Waals surface area contributed by atoms with Crippen molar-refractivity contribution in [1.82, 2.24) is 4.98 Å². The van der Waals surface area contributed by atoms with E-state index in [1.54, 1.807) is 49.0 Å². The van der Waals surface area contributed by atoms with Crippen LogP contribution in [0.2, 0.25) is 5.02 Å². The second kappa shape index (κ2) is 9.38. The van der Waals surface area contributed by atoms with Crippen LogP contribution in [0.1, 0.15) is 33.3 Å². The predicted molar refractivity (Wildman–Crippen MR) is 142 cm³/mol. The number of aromatic nitrogens is 1. The zero-order valence-corrected chi connectivity index (χ0v) is 21.1. The summed E-state index contributed by atoms with van der Waals surface area (Å²) < 4.78 is 17.6. The Morgan fingerprint density at radius 2 is 1.89 bits per heavy atom. The fourth-order valence-corrected chi connectivity index (χ4v) is 5.34. The van der Waals surface area contributed by atoms with E-state index < -0.39 is 11.9 Å². The lowest BCUT2D eigenvalue weighted by Gasteiger charge is -2.23. The number of carbonyl (C=O) groups is 1. The number of amides is 1. The fraction of sp³-hybridized carbons (Fsp3) is 0.107. The van der Waals surface area contributed by atoms with Gasteiger partial charge in [0.2, 0.25) is 5.76 Å². The molecular formula is C28H19ClN2O5S. The van der Waals surface area contributed by atoms with Gasteiger partial charge in [0, 0.05) is 16.6 Å². The first kappa shape index (κ1) is 23.3. The number of hydrogen-bond donors (Lipinski definition) is 0. The second-order valence-electron chi connectivity index (χ2n) is 8.39. The summed E-state index contributed by atoms with van der Waals surface area (Å²) >= 11 is 7.47. The first-order chi connectivity index (χ1) is 18.0. The van der Waals surface area contributed by atoms with Gasteiger partial charge < -0.3 is 13.9 Å². The maximum Gasteiger partial charge on any atom is 0.297 e. The molecule has 3 heterocycles. The van der Waals surface area contributed by atoms with Gasteiger partial charge >= 0.3 is 0 Å². The Bertz CT molecular complexity index is 1680. The van der Waals surface area contributed by atoms with Gasteiger partial charge in [-0.05, 0) is 41.5 Å².